The molecule has 0 amide bonds. The molecule has 1 heterocycles. The van der Waals surface area contributed by atoms with Gasteiger partial charge in [0.2, 0.25) is 5.89 Å². The third-order valence-electron chi connectivity index (χ3n) is 3.38. The second-order valence-electron chi connectivity index (χ2n) is 5.40. The Morgan fingerprint density at radius 2 is 1.53 bits per heavy atom. The van der Waals surface area contributed by atoms with Crippen molar-refractivity contribution < 1.29 is 4.52 Å². The summed E-state index contributed by atoms with van der Waals surface area (Å²) in [5, 5.41) is 4.09. The van der Waals surface area contributed by atoms with Crippen molar-refractivity contribution in [2.24, 2.45) is 0 Å². The zero-order valence-corrected chi connectivity index (χ0v) is 10.7. The normalized spacial score (nSPS) is 13.2. The van der Waals surface area contributed by atoms with Crippen LogP contribution in [0.2, 0.25) is 0 Å². The average molecular weight is 210 g/mol. The van der Waals surface area contributed by atoms with Crippen LogP contribution in [-0.4, -0.2) is 10.1 Å². The number of hydrogen-bond donors (Lipinski definition) is 0. The van der Waals surface area contributed by atoms with Crippen LogP contribution in [0.15, 0.2) is 4.52 Å². The van der Waals surface area contributed by atoms with E-state index in [0.717, 1.165) is 24.6 Å². The van der Waals surface area contributed by atoms with Crippen molar-refractivity contribution in [2.75, 3.05) is 0 Å². The Kier molecular flexibility index (Phi) is 3.22. The van der Waals surface area contributed by atoms with Crippen molar-refractivity contribution >= 4 is 0 Å². The molecule has 0 unspecified atom stereocenters. The van der Waals surface area contributed by atoms with E-state index in [9.17, 15) is 0 Å². The lowest BCUT2D eigenvalue weighted by molar-refractivity contribution is 0.296. The summed E-state index contributed by atoms with van der Waals surface area (Å²) < 4.78 is 5.35. The Hall–Kier alpha value is -0.860. The molecule has 0 aliphatic rings. The molecule has 0 bridgehead atoms. The summed E-state index contributed by atoms with van der Waals surface area (Å²) in [5.74, 6) is 1.57. The molecule has 86 valence electrons. The third kappa shape index (κ3) is 2.39. The topological polar surface area (TPSA) is 38.9 Å². The van der Waals surface area contributed by atoms with Gasteiger partial charge >= 0.3 is 0 Å². The van der Waals surface area contributed by atoms with Crippen LogP contribution in [0, 0.1) is 0 Å². The van der Waals surface area contributed by atoms with E-state index in [-0.39, 0.29) is 10.8 Å². The summed E-state index contributed by atoms with van der Waals surface area (Å²) in [7, 11) is 0. The molecule has 0 N–H and O–H groups in total. The average Bonchev–Trinajstić information content (AvgIpc) is 2.67. The summed E-state index contributed by atoms with van der Waals surface area (Å²) in [5.41, 5.74) is -0.0133. The van der Waals surface area contributed by atoms with E-state index in [2.05, 4.69) is 51.7 Å². The lowest BCUT2D eigenvalue weighted by Crippen LogP contribution is -2.19. The maximum absolute atomic E-state index is 5.35. The van der Waals surface area contributed by atoms with Gasteiger partial charge in [0.05, 0.1) is 0 Å². The van der Waals surface area contributed by atoms with Crippen molar-refractivity contribution in [3.63, 3.8) is 0 Å². The van der Waals surface area contributed by atoms with Gasteiger partial charge in [-0.2, -0.15) is 4.98 Å². The Labute approximate surface area is 92.3 Å². The SMILES string of the molecule is CCC(C)(C)c1noc(C(C)(C)CC)n1. The van der Waals surface area contributed by atoms with E-state index in [4.69, 9.17) is 4.52 Å². The maximum Gasteiger partial charge on any atom is 0.232 e. The van der Waals surface area contributed by atoms with E-state index in [1.807, 2.05) is 0 Å². The van der Waals surface area contributed by atoms with Gasteiger partial charge in [0.1, 0.15) is 0 Å². The minimum absolute atomic E-state index is 0.00553. The molecule has 0 aliphatic heterocycles. The van der Waals surface area contributed by atoms with Crippen LogP contribution in [-0.2, 0) is 10.8 Å². The highest BCUT2D eigenvalue weighted by atomic mass is 16.5. The molecule has 3 heteroatoms. The van der Waals surface area contributed by atoms with Crippen LogP contribution < -0.4 is 0 Å². The molecule has 1 rings (SSSR count). The monoisotopic (exact) mass is 210 g/mol. The van der Waals surface area contributed by atoms with Gasteiger partial charge in [-0.3, -0.25) is 0 Å². The van der Waals surface area contributed by atoms with E-state index < -0.39 is 0 Å². The molecule has 0 saturated carbocycles. The van der Waals surface area contributed by atoms with Gasteiger partial charge in [0, 0.05) is 10.8 Å². The fourth-order valence-electron chi connectivity index (χ4n) is 1.08. The molecule has 0 spiro atoms. The number of nitrogens with zero attached hydrogens (tertiary/aromatic N) is 2. The highest BCUT2D eigenvalue weighted by Gasteiger charge is 2.30. The molecule has 1 aromatic rings. The van der Waals surface area contributed by atoms with Crippen molar-refractivity contribution in [2.45, 2.75) is 65.2 Å². The minimum atomic E-state index is -0.0188. The van der Waals surface area contributed by atoms with Crippen molar-refractivity contribution in [3.8, 4) is 0 Å². The predicted molar refractivity (Wildman–Crippen MR) is 60.9 cm³/mol. The van der Waals surface area contributed by atoms with Crippen LogP contribution in [0.1, 0.15) is 66.1 Å². The fraction of sp³-hybridized carbons (Fsp3) is 0.833. The molecular weight excluding hydrogens is 188 g/mol. The van der Waals surface area contributed by atoms with Gasteiger partial charge in [0.15, 0.2) is 5.82 Å². The van der Waals surface area contributed by atoms with Gasteiger partial charge in [0.25, 0.3) is 0 Å². The quantitative estimate of drug-likeness (QED) is 0.764. The van der Waals surface area contributed by atoms with Crippen LogP contribution in [0.4, 0.5) is 0 Å². The highest BCUT2D eigenvalue weighted by molar-refractivity contribution is 5.06. The first-order valence-electron chi connectivity index (χ1n) is 5.68. The highest BCUT2D eigenvalue weighted by Crippen LogP contribution is 2.29. The molecule has 15 heavy (non-hydrogen) atoms. The van der Waals surface area contributed by atoms with E-state index in [1.54, 1.807) is 0 Å². The van der Waals surface area contributed by atoms with E-state index in [1.165, 1.54) is 0 Å². The van der Waals surface area contributed by atoms with Gasteiger partial charge < -0.3 is 4.52 Å². The van der Waals surface area contributed by atoms with Gasteiger partial charge in [-0.15, -0.1) is 0 Å². The maximum atomic E-state index is 5.35. The first-order valence-corrected chi connectivity index (χ1v) is 5.68. The Morgan fingerprint density at radius 3 is 2.00 bits per heavy atom. The summed E-state index contributed by atoms with van der Waals surface area (Å²) in [6.07, 6.45) is 2.01. The first kappa shape index (κ1) is 12.2. The lowest BCUT2D eigenvalue weighted by atomic mass is 9.88. The second kappa shape index (κ2) is 3.95. The smallest absolute Gasteiger partial charge is 0.232 e. The summed E-state index contributed by atoms with van der Waals surface area (Å²) in [4.78, 5) is 4.52. The standard InChI is InChI=1S/C12H22N2O/c1-7-11(3,4)9-13-10(15-14-9)12(5,6)8-2/h7-8H2,1-6H3. The molecular formula is C12H22N2O. The van der Waals surface area contributed by atoms with Crippen LogP contribution in [0.3, 0.4) is 0 Å². The molecule has 0 fully saturated rings. The van der Waals surface area contributed by atoms with Crippen molar-refractivity contribution in [1.29, 1.82) is 0 Å². The summed E-state index contributed by atoms with van der Waals surface area (Å²) in [6, 6.07) is 0. The zero-order valence-electron chi connectivity index (χ0n) is 10.7. The van der Waals surface area contributed by atoms with E-state index >= 15 is 0 Å². The van der Waals surface area contributed by atoms with Crippen LogP contribution in [0.5, 0.6) is 0 Å². The fourth-order valence-corrected chi connectivity index (χ4v) is 1.08. The number of hydrogen-bond acceptors (Lipinski definition) is 3. The molecule has 0 radical (unpaired) electrons. The molecule has 0 aromatic carbocycles. The zero-order chi connectivity index (χ0) is 11.7. The minimum Gasteiger partial charge on any atom is -0.339 e. The largest absolute Gasteiger partial charge is 0.339 e. The lowest BCUT2D eigenvalue weighted by Gasteiger charge is -2.18. The van der Waals surface area contributed by atoms with Gasteiger partial charge in [-0.05, 0) is 12.8 Å². The van der Waals surface area contributed by atoms with Gasteiger partial charge in [-0.1, -0.05) is 46.7 Å². The first-order chi connectivity index (χ1) is 6.83. The summed E-state index contributed by atoms with van der Waals surface area (Å²) in [6.45, 7) is 12.8. The Morgan fingerprint density at radius 1 is 1.00 bits per heavy atom. The van der Waals surface area contributed by atoms with E-state index in [0.29, 0.717) is 0 Å². The van der Waals surface area contributed by atoms with Crippen molar-refractivity contribution in [1.82, 2.24) is 10.1 Å². The number of rotatable bonds is 4. The molecule has 3 nitrogen and oxygen atoms in total. The Balaban J connectivity index is 3.00. The molecule has 0 atom stereocenters. The van der Waals surface area contributed by atoms with Crippen LogP contribution in [0.25, 0.3) is 0 Å². The predicted octanol–water partition coefficient (Wildman–Crippen LogP) is 3.44. The second-order valence-corrected chi connectivity index (χ2v) is 5.40. The molecule has 0 saturated heterocycles. The number of aromatic nitrogens is 2. The Bertz CT molecular complexity index is 296. The third-order valence-corrected chi connectivity index (χ3v) is 3.38. The van der Waals surface area contributed by atoms with Gasteiger partial charge in [-0.25, -0.2) is 0 Å². The molecule has 1 aromatic heterocycles. The summed E-state index contributed by atoms with van der Waals surface area (Å²) >= 11 is 0. The van der Waals surface area contributed by atoms with Crippen molar-refractivity contribution in [3.05, 3.63) is 11.7 Å². The van der Waals surface area contributed by atoms with Crippen LogP contribution >= 0.6 is 0 Å². The molecule has 0 aliphatic carbocycles.